The van der Waals surface area contributed by atoms with Gasteiger partial charge < -0.3 is 24.6 Å². The summed E-state index contributed by atoms with van der Waals surface area (Å²) in [7, 11) is 0. The molecule has 0 saturated heterocycles. The highest BCUT2D eigenvalue weighted by molar-refractivity contribution is 6.04. The number of carbonyl (C=O) groups excluding carboxylic acids is 2. The molecule has 0 bridgehead atoms. The molecule has 0 spiro atoms. The van der Waals surface area contributed by atoms with Crippen molar-refractivity contribution in [2.75, 3.05) is 18.5 Å². The number of nitrogens with one attached hydrogen (secondary N) is 2. The van der Waals surface area contributed by atoms with E-state index in [0.29, 0.717) is 35.9 Å². The molecule has 2 amide bonds. The van der Waals surface area contributed by atoms with Gasteiger partial charge in [-0.15, -0.1) is 0 Å². The first-order chi connectivity index (χ1) is 15.0. The van der Waals surface area contributed by atoms with Gasteiger partial charge in [-0.05, 0) is 69.3 Å². The predicted octanol–water partition coefficient (Wildman–Crippen LogP) is 3.64. The maximum Gasteiger partial charge on any atom is 0.257 e. The normalized spacial score (nSPS) is 10.4. The second-order valence-electron chi connectivity index (χ2n) is 6.84. The van der Waals surface area contributed by atoms with Crippen LogP contribution in [-0.2, 0) is 11.4 Å². The standard InChI is InChI=1S/C23H25N3O5/c1-4-24-22(27)14-30-20-11-7-18(8-12-20)25-23(28)17-5-9-19(10-6-17)29-13-21-15(2)26-31-16(21)3/h5-12H,4,13-14H2,1-3H3,(H,24,27)(H,25,28). The Kier molecular flexibility index (Phi) is 7.26. The summed E-state index contributed by atoms with van der Waals surface area (Å²) in [6.45, 7) is 6.40. The van der Waals surface area contributed by atoms with Crippen LogP contribution < -0.4 is 20.1 Å². The minimum absolute atomic E-state index is 0.0514. The summed E-state index contributed by atoms with van der Waals surface area (Å²) in [6.07, 6.45) is 0. The Morgan fingerprint density at radius 3 is 2.23 bits per heavy atom. The lowest BCUT2D eigenvalue weighted by Crippen LogP contribution is -2.28. The van der Waals surface area contributed by atoms with Crippen molar-refractivity contribution in [3.63, 3.8) is 0 Å². The van der Waals surface area contributed by atoms with Gasteiger partial charge in [-0.3, -0.25) is 9.59 Å². The van der Waals surface area contributed by atoms with E-state index in [9.17, 15) is 9.59 Å². The fourth-order valence-electron chi connectivity index (χ4n) is 2.80. The van der Waals surface area contributed by atoms with Crippen LogP contribution in [0.15, 0.2) is 53.1 Å². The fourth-order valence-corrected chi connectivity index (χ4v) is 2.80. The van der Waals surface area contributed by atoms with Gasteiger partial charge >= 0.3 is 0 Å². The summed E-state index contributed by atoms with van der Waals surface area (Å²) in [4.78, 5) is 23.9. The van der Waals surface area contributed by atoms with E-state index < -0.39 is 0 Å². The third kappa shape index (κ3) is 6.08. The van der Waals surface area contributed by atoms with E-state index in [2.05, 4.69) is 15.8 Å². The molecule has 1 heterocycles. The molecule has 0 unspecified atom stereocenters. The average Bonchev–Trinajstić information content (AvgIpc) is 3.09. The highest BCUT2D eigenvalue weighted by atomic mass is 16.5. The van der Waals surface area contributed by atoms with Crippen molar-refractivity contribution in [3.05, 3.63) is 71.1 Å². The fraction of sp³-hybridized carbons (Fsp3) is 0.261. The molecule has 0 atom stereocenters. The van der Waals surface area contributed by atoms with Crippen molar-refractivity contribution in [2.45, 2.75) is 27.4 Å². The molecule has 8 nitrogen and oxygen atoms in total. The van der Waals surface area contributed by atoms with E-state index in [-0.39, 0.29) is 18.4 Å². The van der Waals surface area contributed by atoms with Crippen molar-refractivity contribution >= 4 is 17.5 Å². The highest BCUT2D eigenvalue weighted by Crippen LogP contribution is 2.20. The van der Waals surface area contributed by atoms with Crippen LogP contribution in [0.5, 0.6) is 11.5 Å². The summed E-state index contributed by atoms with van der Waals surface area (Å²) < 4.78 is 16.3. The first-order valence-corrected chi connectivity index (χ1v) is 9.91. The van der Waals surface area contributed by atoms with Crippen molar-refractivity contribution in [1.82, 2.24) is 10.5 Å². The number of hydrogen-bond donors (Lipinski definition) is 2. The van der Waals surface area contributed by atoms with Crippen LogP contribution >= 0.6 is 0 Å². The van der Waals surface area contributed by atoms with Crippen molar-refractivity contribution in [1.29, 1.82) is 0 Å². The van der Waals surface area contributed by atoms with Crippen LogP contribution in [-0.4, -0.2) is 30.1 Å². The molecule has 0 fully saturated rings. The smallest absolute Gasteiger partial charge is 0.257 e. The van der Waals surface area contributed by atoms with E-state index in [1.54, 1.807) is 48.5 Å². The number of carbonyl (C=O) groups is 2. The third-order valence-electron chi connectivity index (χ3n) is 4.54. The van der Waals surface area contributed by atoms with Gasteiger partial charge in [0.2, 0.25) is 0 Å². The Bertz CT molecular complexity index is 1010. The van der Waals surface area contributed by atoms with Crippen LogP contribution in [0.1, 0.15) is 34.3 Å². The van der Waals surface area contributed by atoms with E-state index in [1.807, 2.05) is 20.8 Å². The number of aromatic nitrogens is 1. The van der Waals surface area contributed by atoms with Gasteiger partial charge in [-0.25, -0.2) is 0 Å². The van der Waals surface area contributed by atoms with Crippen molar-refractivity contribution in [3.8, 4) is 11.5 Å². The summed E-state index contributed by atoms with van der Waals surface area (Å²) >= 11 is 0. The van der Waals surface area contributed by atoms with E-state index in [0.717, 1.165) is 17.0 Å². The average molecular weight is 423 g/mol. The second kappa shape index (κ2) is 10.3. The zero-order valence-electron chi connectivity index (χ0n) is 17.7. The Labute approximate surface area is 180 Å². The number of rotatable bonds is 9. The number of aryl methyl sites for hydroxylation is 2. The Balaban J connectivity index is 1.51. The second-order valence-corrected chi connectivity index (χ2v) is 6.84. The summed E-state index contributed by atoms with van der Waals surface area (Å²) in [5.74, 6) is 1.50. The van der Waals surface area contributed by atoms with Gasteiger partial charge in [0.05, 0.1) is 11.3 Å². The van der Waals surface area contributed by atoms with Crippen LogP contribution in [0.25, 0.3) is 0 Å². The lowest BCUT2D eigenvalue weighted by Gasteiger charge is -2.09. The predicted molar refractivity (Wildman–Crippen MR) is 115 cm³/mol. The first-order valence-electron chi connectivity index (χ1n) is 9.91. The Morgan fingerprint density at radius 2 is 1.61 bits per heavy atom. The van der Waals surface area contributed by atoms with Gasteiger partial charge in [-0.1, -0.05) is 5.16 Å². The third-order valence-corrected chi connectivity index (χ3v) is 4.54. The van der Waals surface area contributed by atoms with Crippen molar-refractivity contribution in [2.24, 2.45) is 0 Å². The maximum absolute atomic E-state index is 12.5. The minimum atomic E-state index is -0.242. The zero-order chi connectivity index (χ0) is 22.2. The molecular weight excluding hydrogens is 398 g/mol. The molecule has 3 rings (SSSR count). The highest BCUT2D eigenvalue weighted by Gasteiger charge is 2.11. The van der Waals surface area contributed by atoms with Crippen LogP contribution in [0, 0.1) is 13.8 Å². The molecule has 0 saturated carbocycles. The quantitative estimate of drug-likeness (QED) is 0.545. The first kappa shape index (κ1) is 21.9. The Morgan fingerprint density at radius 1 is 0.968 bits per heavy atom. The number of benzene rings is 2. The van der Waals surface area contributed by atoms with Crippen LogP contribution in [0.3, 0.4) is 0 Å². The lowest BCUT2D eigenvalue weighted by molar-refractivity contribution is -0.122. The van der Waals surface area contributed by atoms with Gasteiger partial charge in [0.1, 0.15) is 23.9 Å². The molecule has 3 aromatic rings. The van der Waals surface area contributed by atoms with Gasteiger partial charge in [0, 0.05) is 17.8 Å². The number of hydrogen-bond acceptors (Lipinski definition) is 6. The van der Waals surface area contributed by atoms with Gasteiger partial charge in [0.25, 0.3) is 11.8 Å². The topological polar surface area (TPSA) is 103 Å². The molecule has 2 aromatic carbocycles. The number of likely N-dealkylation sites (N-methyl/N-ethyl adjacent to an activating group) is 1. The molecule has 1 aromatic heterocycles. The van der Waals surface area contributed by atoms with Gasteiger partial charge in [-0.2, -0.15) is 0 Å². The molecule has 0 radical (unpaired) electrons. The van der Waals surface area contributed by atoms with Crippen LogP contribution in [0.4, 0.5) is 5.69 Å². The summed E-state index contributed by atoms with van der Waals surface area (Å²) in [5, 5.41) is 9.39. The number of nitrogens with zero attached hydrogens (tertiary/aromatic N) is 1. The molecule has 162 valence electrons. The molecule has 31 heavy (non-hydrogen) atoms. The van der Waals surface area contributed by atoms with Gasteiger partial charge in [0.15, 0.2) is 6.61 Å². The monoisotopic (exact) mass is 423 g/mol. The maximum atomic E-state index is 12.5. The molecular formula is C23H25N3O5. The molecule has 0 aliphatic heterocycles. The SMILES string of the molecule is CCNC(=O)COc1ccc(NC(=O)c2ccc(OCc3c(C)noc3C)cc2)cc1. The summed E-state index contributed by atoms with van der Waals surface area (Å²) in [6, 6.07) is 13.7. The molecule has 0 aliphatic carbocycles. The van der Waals surface area contributed by atoms with E-state index in [1.165, 1.54) is 0 Å². The Hall–Kier alpha value is -3.81. The molecule has 8 heteroatoms. The number of amides is 2. The molecule has 0 aliphatic rings. The largest absolute Gasteiger partial charge is 0.489 e. The van der Waals surface area contributed by atoms with E-state index >= 15 is 0 Å². The summed E-state index contributed by atoms with van der Waals surface area (Å²) in [5.41, 5.74) is 2.84. The lowest BCUT2D eigenvalue weighted by atomic mass is 10.2. The van der Waals surface area contributed by atoms with Crippen LogP contribution in [0.2, 0.25) is 0 Å². The zero-order valence-corrected chi connectivity index (χ0v) is 17.7. The minimum Gasteiger partial charge on any atom is -0.489 e. The molecule has 2 N–H and O–H groups in total. The van der Waals surface area contributed by atoms with Crippen molar-refractivity contribution < 1.29 is 23.6 Å². The number of anilines is 1. The number of ether oxygens (including phenoxy) is 2. The van der Waals surface area contributed by atoms with E-state index in [4.69, 9.17) is 14.0 Å².